The first kappa shape index (κ1) is 14.6. The summed E-state index contributed by atoms with van der Waals surface area (Å²) in [5.74, 6) is 0. The average molecular weight is 269 g/mol. The molecule has 0 aromatic carbocycles. The highest BCUT2D eigenvalue weighted by Gasteiger charge is 2.52. The van der Waals surface area contributed by atoms with Crippen molar-refractivity contribution in [1.29, 1.82) is 0 Å². The van der Waals surface area contributed by atoms with E-state index in [9.17, 15) is 4.79 Å². The Morgan fingerprint density at radius 1 is 1.26 bits per heavy atom. The number of urea groups is 1. The van der Waals surface area contributed by atoms with Crippen LogP contribution in [-0.2, 0) is 4.74 Å². The SMILES string of the molecule is CC(C)N1CC2(COCCN2C(=O)N(C)C(C)C)C1. The molecule has 0 N–H and O–H groups in total. The van der Waals surface area contributed by atoms with Gasteiger partial charge in [0, 0.05) is 38.8 Å². The number of carbonyl (C=O) groups is 1. The molecule has 0 saturated carbocycles. The molecule has 19 heavy (non-hydrogen) atoms. The molecule has 2 heterocycles. The van der Waals surface area contributed by atoms with Gasteiger partial charge in [0.15, 0.2) is 0 Å². The van der Waals surface area contributed by atoms with Crippen molar-refractivity contribution in [2.45, 2.75) is 45.3 Å². The molecule has 0 atom stereocenters. The topological polar surface area (TPSA) is 36.0 Å². The van der Waals surface area contributed by atoms with Gasteiger partial charge in [-0.2, -0.15) is 0 Å². The van der Waals surface area contributed by atoms with Crippen LogP contribution in [0, 0.1) is 0 Å². The summed E-state index contributed by atoms with van der Waals surface area (Å²) in [5.41, 5.74) is -0.0945. The van der Waals surface area contributed by atoms with Gasteiger partial charge in [-0.15, -0.1) is 0 Å². The van der Waals surface area contributed by atoms with E-state index in [1.807, 2.05) is 30.7 Å². The summed E-state index contributed by atoms with van der Waals surface area (Å²) in [7, 11) is 1.88. The molecule has 0 radical (unpaired) electrons. The molecule has 2 saturated heterocycles. The van der Waals surface area contributed by atoms with Gasteiger partial charge in [0.05, 0.1) is 18.8 Å². The third-order valence-corrected chi connectivity index (χ3v) is 4.43. The lowest BCUT2D eigenvalue weighted by Crippen LogP contribution is -2.77. The highest BCUT2D eigenvalue weighted by atomic mass is 16.5. The van der Waals surface area contributed by atoms with Gasteiger partial charge in [-0.05, 0) is 27.7 Å². The highest BCUT2D eigenvalue weighted by Crippen LogP contribution is 2.33. The molecule has 2 aliphatic rings. The fourth-order valence-corrected chi connectivity index (χ4v) is 2.78. The van der Waals surface area contributed by atoms with Gasteiger partial charge < -0.3 is 14.5 Å². The second-order valence-electron chi connectivity index (χ2n) is 6.41. The summed E-state index contributed by atoms with van der Waals surface area (Å²) < 4.78 is 5.64. The number of likely N-dealkylation sites (tertiary alicyclic amines) is 1. The van der Waals surface area contributed by atoms with Crippen LogP contribution in [0.1, 0.15) is 27.7 Å². The van der Waals surface area contributed by atoms with E-state index in [1.54, 1.807) is 0 Å². The molecule has 110 valence electrons. The minimum absolute atomic E-state index is 0.0945. The summed E-state index contributed by atoms with van der Waals surface area (Å²) in [5, 5.41) is 0. The zero-order valence-corrected chi connectivity index (χ0v) is 12.8. The van der Waals surface area contributed by atoms with Gasteiger partial charge in [-0.3, -0.25) is 4.90 Å². The van der Waals surface area contributed by atoms with E-state index in [4.69, 9.17) is 4.74 Å². The van der Waals surface area contributed by atoms with Crippen molar-refractivity contribution < 1.29 is 9.53 Å². The van der Waals surface area contributed by atoms with Crippen LogP contribution in [0.5, 0.6) is 0 Å². The first-order chi connectivity index (χ1) is 8.87. The lowest BCUT2D eigenvalue weighted by atomic mass is 9.86. The number of carbonyl (C=O) groups excluding carboxylic acids is 1. The highest BCUT2D eigenvalue weighted by molar-refractivity contribution is 5.76. The van der Waals surface area contributed by atoms with Crippen LogP contribution in [0.4, 0.5) is 4.79 Å². The number of rotatable bonds is 2. The maximum atomic E-state index is 12.6. The molecule has 0 aliphatic carbocycles. The monoisotopic (exact) mass is 269 g/mol. The lowest BCUT2D eigenvalue weighted by Gasteiger charge is -2.59. The lowest BCUT2D eigenvalue weighted by molar-refractivity contribution is -0.132. The normalized spacial score (nSPS) is 23.0. The molecule has 5 nitrogen and oxygen atoms in total. The maximum Gasteiger partial charge on any atom is 0.320 e. The van der Waals surface area contributed by atoms with Crippen LogP contribution >= 0.6 is 0 Å². The van der Waals surface area contributed by atoms with Gasteiger partial charge in [0.2, 0.25) is 0 Å². The van der Waals surface area contributed by atoms with Crippen molar-refractivity contribution in [2.24, 2.45) is 0 Å². The van der Waals surface area contributed by atoms with Crippen LogP contribution in [-0.4, -0.2) is 78.2 Å². The third kappa shape index (κ3) is 2.58. The van der Waals surface area contributed by atoms with Gasteiger partial charge in [0.1, 0.15) is 0 Å². The Balaban J connectivity index is 2.08. The number of nitrogens with zero attached hydrogens (tertiary/aromatic N) is 3. The van der Waals surface area contributed by atoms with Gasteiger partial charge >= 0.3 is 6.03 Å². The Hall–Kier alpha value is -0.810. The Kier molecular flexibility index (Phi) is 4.06. The van der Waals surface area contributed by atoms with Crippen LogP contribution in [0.25, 0.3) is 0 Å². The zero-order valence-electron chi connectivity index (χ0n) is 12.8. The molecule has 1 spiro atoms. The molecule has 0 aromatic rings. The van der Waals surface area contributed by atoms with Crippen LogP contribution < -0.4 is 0 Å². The van der Waals surface area contributed by atoms with E-state index < -0.39 is 0 Å². The van der Waals surface area contributed by atoms with E-state index in [2.05, 4.69) is 18.7 Å². The minimum Gasteiger partial charge on any atom is -0.377 e. The van der Waals surface area contributed by atoms with Crippen molar-refractivity contribution in [3.8, 4) is 0 Å². The Labute approximate surface area is 116 Å². The summed E-state index contributed by atoms with van der Waals surface area (Å²) in [6, 6.07) is 0.905. The summed E-state index contributed by atoms with van der Waals surface area (Å²) >= 11 is 0. The molecule has 2 fully saturated rings. The minimum atomic E-state index is -0.0945. The van der Waals surface area contributed by atoms with Crippen molar-refractivity contribution >= 4 is 6.03 Å². The van der Waals surface area contributed by atoms with E-state index in [1.165, 1.54) is 0 Å². The van der Waals surface area contributed by atoms with Crippen molar-refractivity contribution in [3.05, 3.63) is 0 Å². The van der Waals surface area contributed by atoms with Crippen LogP contribution in [0.2, 0.25) is 0 Å². The Morgan fingerprint density at radius 3 is 2.42 bits per heavy atom. The number of morpholine rings is 1. The number of hydrogen-bond donors (Lipinski definition) is 0. The maximum absolute atomic E-state index is 12.6. The molecule has 2 aliphatic heterocycles. The quantitative estimate of drug-likeness (QED) is 0.757. The average Bonchev–Trinajstić information content (AvgIpc) is 2.33. The standard InChI is InChI=1S/C14H27N3O2/c1-11(2)15(5)13(18)17-6-7-19-10-14(17)8-16(9-14)12(3)4/h11-12H,6-10H2,1-5H3. The second kappa shape index (κ2) is 5.29. The predicted molar refractivity (Wildman–Crippen MR) is 75.3 cm³/mol. The summed E-state index contributed by atoms with van der Waals surface area (Å²) in [6.07, 6.45) is 0. The molecular weight excluding hydrogens is 242 g/mol. The zero-order chi connectivity index (χ0) is 14.2. The largest absolute Gasteiger partial charge is 0.377 e. The number of hydrogen-bond acceptors (Lipinski definition) is 3. The van der Waals surface area contributed by atoms with Crippen molar-refractivity contribution in [3.63, 3.8) is 0 Å². The first-order valence-corrected chi connectivity index (χ1v) is 7.23. The van der Waals surface area contributed by atoms with Gasteiger partial charge in [0.25, 0.3) is 0 Å². The van der Waals surface area contributed by atoms with E-state index >= 15 is 0 Å². The van der Waals surface area contributed by atoms with Gasteiger partial charge in [-0.1, -0.05) is 0 Å². The predicted octanol–water partition coefficient (Wildman–Crippen LogP) is 1.24. The van der Waals surface area contributed by atoms with Crippen molar-refractivity contribution in [1.82, 2.24) is 14.7 Å². The first-order valence-electron chi connectivity index (χ1n) is 7.23. The molecule has 2 rings (SSSR count). The Bertz CT molecular complexity index is 338. The fourth-order valence-electron chi connectivity index (χ4n) is 2.78. The molecular formula is C14H27N3O2. The fraction of sp³-hybridized carbons (Fsp3) is 0.929. The molecule has 0 unspecified atom stereocenters. The molecule has 5 heteroatoms. The molecule has 2 amide bonds. The van der Waals surface area contributed by atoms with E-state index in [-0.39, 0.29) is 17.6 Å². The van der Waals surface area contributed by atoms with Crippen LogP contribution in [0.3, 0.4) is 0 Å². The van der Waals surface area contributed by atoms with E-state index in [0.29, 0.717) is 25.8 Å². The third-order valence-electron chi connectivity index (χ3n) is 4.43. The smallest absolute Gasteiger partial charge is 0.320 e. The number of amides is 2. The van der Waals surface area contributed by atoms with Crippen molar-refractivity contribution in [2.75, 3.05) is 39.9 Å². The molecule has 0 aromatic heterocycles. The number of ether oxygens (including phenoxy) is 1. The van der Waals surface area contributed by atoms with Crippen LogP contribution in [0.15, 0.2) is 0 Å². The van der Waals surface area contributed by atoms with Gasteiger partial charge in [-0.25, -0.2) is 4.79 Å². The molecule has 0 bridgehead atoms. The second-order valence-corrected chi connectivity index (χ2v) is 6.41. The Morgan fingerprint density at radius 2 is 1.89 bits per heavy atom. The summed E-state index contributed by atoms with van der Waals surface area (Å²) in [6.45, 7) is 12.4. The van der Waals surface area contributed by atoms with E-state index in [0.717, 1.165) is 13.1 Å². The summed E-state index contributed by atoms with van der Waals surface area (Å²) in [4.78, 5) is 18.9.